The molecule has 0 aliphatic heterocycles. The first-order valence-electron chi connectivity index (χ1n) is 7.73. The first-order valence-corrected chi connectivity index (χ1v) is 9.58. The summed E-state index contributed by atoms with van der Waals surface area (Å²) in [4.78, 5) is 12.7. The molecular weight excluding hydrogens is 343 g/mol. The number of carbonyl (C=O) groups excluding carboxylic acids is 1. The molecule has 25 heavy (non-hydrogen) atoms. The average molecular weight is 364 g/mol. The second kappa shape index (κ2) is 7.23. The van der Waals surface area contributed by atoms with E-state index in [0.717, 1.165) is 27.8 Å². The predicted molar refractivity (Wildman–Crippen MR) is 97.7 cm³/mol. The van der Waals surface area contributed by atoms with Crippen molar-refractivity contribution >= 4 is 27.3 Å². The van der Waals surface area contributed by atoms with Crippen LogP contribution < -0.4 is 9.62 Å². The van der Waals surface area contributed by atoms with Crippen molar-refractivity contribution in [1.29, 1.82) is 0 Å². The van der Waals surface area contributed by atoms with Gasteiger partial charge < -0.3 is 5.32 Å². The zero-order valence-electron chi connectivity index (χ0n) is 14.6. The number of aryl methyl sites for hydroxylation is 2. The van der Waals surface area contributed by atoms with Gasteiger partial charge in [0.05, 0.1) is 11.9 Å². The van der Waals surface area contributed by atoms with Gasteiger partial charge in [-0.05, 0) is 50.1 Å². The van der Waals surface area contributed by atoms with Gasteiger partial charge in [-0.1, -0.05) is 24.3 Å². The Morgan fingerprint density at radius 2 is 1.68 bits per heavy atom. The van der Waals surface area contributed by atoms with Crippen LogP contribution in [0, 0.1) is 19.7 Å². The lowest BCUT2D eigenvalue weighted by Crippen LogP contribution is -2.45. The summed E-state index contributed by atoms with van der Waals surface area (Å²) >= 11 is 0. The maximum atomic E-state index is 13.5. The Morgan fingerprint density at radius 1 is 1.12 bits per heavy atom. The van der Waals surface area contributed by atoms with Gasteiger partial charge in [0, 0.05) is 5.69 Å². The molecule has 1 N–H and O–H groups in total. The molecule has 0 aliphatic rings. The maximum absolute atomic E-state index is 13.5. The van der Waals surface area contributed by atoms with Crippen LogP contribution in [0.15, 0.2) is 42.5 Å². The van der Waals surface area contributed by atoms with Crippen LogP contribution in [-0.4, -0.2) is 26.6 Å². The number of anilines is 2. The Labute approximate surface area is 147 Å². The summed E-state index contributed by atoms with van der Waals surface area (Å²) in [5.74, 6) is -1.07. The highest BCUT2D eigenvalue weighted by Crippen LogP contribution is 2.24. The minimum Gasteiger partial charge on any atom is -0.324 e. The number of nitrogens with one attached hydrogen (secondary N) is 1. The summed E-state index contributed by atoms with van der Waals surface area (Å²) in [6, 6.07) is 9.69. The number of amides is 1. The van der Waals surface area contributed by atoms with Crippen molar-refractivity contribution < 1.29 is 17.6 Å². The van der Waals surface area contributed by atoms with E-state index in [1.165, 1.54) is 25.1 Å². The molecule has 0 aliphatic carbocycles. The van der Waals surface area contributed by atoms with Gasteiger partial charge in [0.1, 0.15) is 11.9 Å². The summed E-state index contributed by atoms with van der Waals surface area (Å²) in [5, 5.41) is 2.78. The van der Waals surface area contributed by atoms with Crippen molar-refractivity contribution in [3.05, 3.63) is 59.4 Å². The molecule has 0 spiro atoms. The molecule has 1 unspecified atom stereocenters. The maximum Gasteiger partial charge on any atom is 0.248 e. The van der Waals surface area contributed by atoms with Crippen molar-refractivity contribution in [3.63, 3.8) is 0 Å². The molecule has 0 heterocycles. The molecule has 0 bridgehead atoms. The van der Waals surface area contributed by atoms with E-state index in [4.69, 9.17) is 0 Å². The van der Waals surface area contributed by atoms with Crippen molar-refractivity contribution in [2.24, 2.45) is 0 Å². The summed E-state index contributed by atoms with van der Waals surface area (Å²) in [5.41, 5.74) is 2.49. The molecule has 2 rings (SSSR count). The molecule has 0 radical (unpaired) electrons. The Morgan fingerprint density at radius 3 is 2.20 bits per heavy atom. The monoisotopic (exact) mass is 364 g/mol. The van der Waals surface area contributed by atoms with Gasteiger partial charge in [0.15, 0.2) is 0 Å². The van der Waals surface area contributed by atoms with E-state index in [0.29, 0.717) is 5.69 Å². The Bertz CT molecular complexity index is 877. The molecule has 134 valence electrons. The third kappa shape index (κ3) is 4.36. The number of carbonyl (C=O) groups is 1. The van der Waals surface area contributed by atoms with E-state index in [9.17, 15) is 17.6 Å². The second-order valence-corrected chi connectivity index (χ2v) is 7.83. The minimum absolute atomic E-state index is 0.103. The summed E-state index contributed by atoms with van der Waals surface area (Å²) < 4.78 is 38.8. The van der Waals surface area contributed by atoms with E-state index in [1.54, 1.807) is 0 Å². The molecule has 2 aromatic rings. The standard InChI is InChI=1S/C18H21FN2O3S/c1-12-7-5-8-13(2)17(12)20-18(22)14(3)21(25(4,23)24)16-10-6-9-15(19)11-16/h5-11,14H,1-4H3,(H,20,22). The van der Waals surface area contributed by atoms with Gasteiger partial charge >= 0.3 is 0 Å². The van der Waals surface area contributed by atoms with Crippen LogP contribution in [0.4, 0.5) is 15.8 Å². The fraction of sp³-hybridized carbons (Fsp3) is 0.278. The van der Waals surface area contributed by atoms with Gasteiger partial charge in [-0.2, -0.15) is 0 Å². The molecule has 0 saturated carbocycles. The van der Waals surface area contributed by atoms with Crippen molar-refractivity contribution in [1.82, 2.24) is 0 Å². The predicted octanol–water partition coefficient (Wildman–Crippen LogP) is 3.24. The Balaban J connectivity index is 2.37. The van der Waals surface area contributed by atoms with Crippen LogP contribution in [0.25, 0.3) is 0 Å². The zero-order chi connectivity index (χ0) is 18.8. The van der Waals surface area contributed by atoms with Gasteiger partial charge in [-0.25, -0.2) is 12.8 Å². The fourth-order valence-electron chi connectivity index (χ4n) is 2.66. The van der Waals surface area contributed by atoms with Crippen LogP contribution >= 0.6 is 0 Å². The lowest BCUT2D eigenvalue weighted by Gasteiger charge is -2.28. The summed E-state index contributed by atoms with van der Waals surface area (Å²) in [6.45, 7) is 5.18. The summed E-state index contributed by atoms with van der Waals surface area (Å²) in [6.07, 6.45) is 0.987. The highest BCUT2D eigenvalue weighted by atomic mass is 32.2. The first kappa shape index (κ1) is 18.9. The molecular formula is C18H21FN2O3S. The molecule has 0 saturated heterocycles. The number of hydrogen-bond acceptors (Lipinski definition) is 3. The molecule has 1 amide bonds. The molecule has 1 atom stereocenters. The van der Waals surface area contributed by atoms with E-state index in [1.807, 2.05) is 32.0 Å². The van der Waals surface area contributed by atoms with E-state index in [-0.39, 0.29) is 5.69 Å². The number of benzene rings is 2. The lowest BCUT2D eigenvalue weighted by atomic mass is 10.1. The highest BCUT2D eigenvalue weighted by molar-refractivity contribution is 7.92. The number of sulfonamides is 1. The minimum atomic E-state index is -3.79. The number of rotatable bonds is 5. The van der Waals surface area contributed by atoms with Crippen LogP contribution in [0.1, 0.15) is 18.1 Å². The first-order chi connectivity index (χ1) is 11.6. The van der Waals surface area contributed by atoms with Crippen LogP contribution in [0.3, 0.4) is 0 Å². The molecule has 2 aromatic carbocycles. The molecule has 5 nitrogen and oxygen atoms in total. The second-order valence-electron chi connectivity index (χ2n) is 5.97. The zero-order valence-corrected chi connectivity index (χ0v) is 15.4. The molecule has 0 fully saturated rings. The number of nitrogens with zero attached hydrogens (tertiary/aromatic N) is 1. The van der Waals surface area contributed by atoms with E-state index >= 15 is 0 Å². The van der Waals surface area contributed by atoms with Crippen molar-refractivity contribution in [2.75, 3.05) is 15.9 Å². The van der Waals surface area contributed by atoms with Crippen LogP contribution in [0.5, 0.6) is 0 Å². The van der Waals surface area contributed by atoms with Crippen LogP contribution in [-0.2, 0) is 14.8 Å². The van der Waals surface area contributed by atoms with E-state index in [2.05, 4.69) is 5.32 Å². The average Bonchev–Trinajstić information content (AvgIpc) is 2.49. The quantitative estimate of drug-likeness (QED) is 0.886. The van der Waals surface area contributed by atoms with Gasteiger partial charge in [-0.15, -0.1) is 0 Å². The van der Waals surface area contributed by atoms with Gasteiger partial charge in [-0.3, -0.25) is 9.10 Å². The largest absolute Gasteiger partial charge is 0.324 e. The van der Waals surface area contributed by atoms with Crippen LogP contribution in [0.2, 0.25) is 0 Å². The topological polar surface area (TPSA) is 66.5 Å². The third-order valence-corrected chi connectivity index (χ3v) is 5.12. The molecule has 0 aromatic heterocycles. The molecule has 7 heteroatoms. The van der Waals surface area contributed by atoms with Gasteiger partial charge in [0.2, 0.25) is 15.9 Å². The van der Waals surface area contributed by atoms with Crippen molar-refractivity contribution in [2.45, 2.75) is 26.8 Å². The normalized spacial score (nSPS) is 12.5. The SMILES string of the molecule is Cc1cccc(C)c1NC(=O)C(C)N(c1cccc(F)c1)S(C)(=O)=O. The fourth-order valence-corrected chi connectivity index (χ4v) is 3.83. The Hall–Kier alpha value is -2.41. The van der Waals surface area contributed by atoms with E-state index < -0.39 is 27.8 Å². The smallest absolute Gasteiger partial charge is 0.248 e. The lowest BCUT2D eigenvalue weighted by molar-refractivity contribution is -0.116. The number of hydrogen-bond donors (Lipinski definition) is 1. The van der Waals surface area contributed by atoms with Crippen molar-refractivity contribution in [3.8, 4) is 0 Å². The Kier molecular flexibility index (Phi) is 5.47. The third-order valence-electron chi connectivity index (χ3n) is 3.88. The number of halogens is 1. The van der Waals surface area contributed by atoms with Gasteiger partial charge in [0.25, 0.3) is 0 Å². The summed E-state index contributed by atoms with van der Waals surface area (Å²) in [7, 11) is -3.79. The highest BCUT2D eigenvalue weighted by Gasteiger charge is 2.29. The number of para-hydroxylation sites is 1.